The molecule has 1 aliphatic carbocycles. The number of aliphatic imine (C=N–C) groups is 1. The molecule has 0 aliphatic heterocycles. The summed E-state index contributed by atoms with van der Waals surface area (Å²) >= 11 is 0. The van der Waals surface area contributed by atoms with E-state index in [0.29, 0.717) is 39.5 Å². The Balaban J connectivity index is 1.51. The summed E-state index contributed by atoms with van der Waals surface area (Å²) in [6.45, 7) is 0. The number of halogens is 1. The molecule has 0 saturated heterocycles. The van der Waals surface area contributed by atoms with E-state index >= 15 is 0 Å². The predicted octanol–water partition coefficient (Wildman–Crippen LogP) is 6.59. The van der Waals surface area contributed by atoms with Crippen LogP contribution in [0.5, 0.6) is 5.88 Å². The van der Waals surface area contributed by atoms with Crippen LogP contribution in [-0.2, 0) is 0 Å². The Bertz CT molecular complexity index is 1370. The van der Waals surface area contributed by atoms with Crippen LogP contribution >= 0.6 is 0 Å². The second-order valence-corrected chi connectivity index (χ2v) is 9.12. The first kappa shape index (κ1) is 22.8. The van der Waals surface area contributed by atoms with E-state index in [1.807, 2.05) is 54.4 Å². The van der Waals surface area contributed by atoms with Crippen LogP contribution in [0.2, 0.25) is 0 Å². The number of H-pyrrole nitrogens is 1. The molecule has 1 aliphatic rings. The fraction of sp³-hybridized carbons (Fsp3) is 0.241. The van der Waals surface area contributed by atoms with E-state index in [9.17, 15) is 14.3 Å². The highest BCUT2D eigenvalue weighted by Gasteiger charge is 2.23. The molecular weight excluding hydrogens is 441 g/mol. The maximum absolute atomic E-state index is 13.8. The lowest BCUT2D eigenvalue weighted by atomic mass is 9.94. The van der Waals surface area contributed by atoms with Crippen LogP contribution in [0.3, 0.4) is 0 Å². The van der Waals surface area contributed by atoms with E-state index in [4.69, 9.17) is 4.99 Å². The van der Waals surface area contributed by atoms with Gasteiger partial charge in [-0.1, -0.05) is 49.6 Å². The van der Waals surface area contributed by atoms with Gasteiger partial charge in [0.25, 0.3) is 5.91 Å². The van der Waals surface area contributed by atoms with Gasteiger partial charge in [-0.15, -0.1) is 0 Å². The summed E-state index contributed by atoms with van der Waals surface area (Å²) < 4.78 is 13.8. The molecule has 0 atom stereocenters. The minimum absolute atomic E-state index is 0.0204. The van der Waals surface area contributed by atoms with E-state index in [1.54, 1.807) is 18.2 Å². The van der Waals surface area contributed by atoms with Gasteiger partial charge in [0, 0.05) is 29.6 Å². The Hall–Kier alpha value is -3.93. The molecule has 1 saturated carbocycles. The van der Waals surface area contributed by atoms with Gasteiger partial charge in [-0.3, -0.25) is 4.79 Å². The smallest absolute Gasteiger partial charge is 0.253 e. The van der Waals surface area contributed by atoms with Gasteiger partial charge in [-0.2, -0.15) is 0 Å². The minimum atomic E-state index is -0.387. The van der Waals surface area contributed by atoms with Gasteiger partial charge in [0.05, 0.1) is 22.5 Å². The molecule has 1 heterocycles. The summed E-state index contributed by atoms with van der Waals surface area (Å²) in [5.74, 6) is -0.442. The molecule has 5 nitrogen and oxygen atoms in total. The lowest BCUT2D eigenvalue weighted by molar-refractivity contribution is 0.0696. The van der Waals surface area contributed by atoms with Crippen LogP contribution in [0.4, 0.5) is 10.1 Å². The molecule has 35 heavy (non-hydrogen) atoms. The zero-order chi connectivity index (χ0) is 24.4. The van der Waals surface area contributed by atoms with Gasteiger partial charge < -0.3 is 15.0 Å². The number of rotatable bonds is 5. The van der Waals surface area contributed by atoms with Crippen LogP contribution < -0.4 is 0 Å². The largest absolute Gasteiger partial charge is 0.494 e. The van der Waals surface area contributed by atoms with E-state index < -0.39 is 0 Å². The summed E-state index contributed by atoms with van der Waals surface area (Å²) in [5.41, 5.74) is 3.64. The number of carbonyl (C=O) groups is 1. The summed E-state index contributed by atoms with van der Waals surface area (Å²) in [6, 6.07) is 21.4. The molecule has 4 aromatic rings. The number of hydrogen-bond donors (Lipinski definition) is 2. The zero-order valence-electron chi connectivity index (χ0n) is 19.7. The summed E-state index contributed by atoms with van der Waals surface area (Å²) in [4.78, 5) is 22.6. The SMILES string of the molecule is CN(C(=O)c1ccc(N=C(c2ccccc2)c2c(O)[nH]c3cc(F)ccc23)cc1)C1CCCCC1. The van der Waals surface area contributed by atoms with Gasteiger partial charge >= 0.3 is 0 Å². The molecule has 0 radical (unpaired) electrons. The number of aromatic hydroxyl groups is 1. The van der Waals surface area contributed by atoms with E-state index in [1.165, 1.54) is 31.4 Å². The summed E-state index contributed by atoms with van der Waals surface area (Å²) in [6.07, 6.45) is 5.71. The van der Waals surface area contributed by atoms with Gasteiger partial charge in [0.1, 0.15) is 5.82 Å². The van der Waals surface area contributed by atoms with Crippen molar-refractivity contribution in [3.05, 3.63) is 95.3 Å². The molecule has 1 fully saturated rings. The number of nitrogens with one attached hydrogen (secondary N) is 1. The van der Waals surface area contributed by atoms with Crippen molar-refractivity contribution in [2.75, 3.05) is 7.05 Å². The number of hydrogen-bond acceptors (Lipinski definition) is 3. The van der Waals surface area contributed by atoms with Crippen molar-refractivity contribution in [1.29, 1.82) is 0 Å². The topological polar surface area (TPSA) is 68.7 Å². The predicted molar refractivity (Wildman–Crippen MR) is 137 cm³/mol. The van der Waals surface area contributed by atoms with E-state index in [0.717, 1.165) is 18.4 Å². The lowest BCUT2D eigenvalue weighted by Gasteiger charge is -2.31. The Morgan fingerprint density at radius 1 is 0.971 bits per heavy atom. The monoisotopic (exact) mass is 469 g/mol. The number of aromatic amines is 1. The molecule has 3 aromatic carbocycles. The standard InChI is InChI=1S/C29H28FN3O2/c1-33(23-10-6-3-7-11-23)29(35)20-12-15-22(16-13-20)31-27(19-8-4-2-5-9-19)26-24-17-14-21(30)18-25(24)32-28(26)34/h2,4-5,8-9,12-18,23,32,34H,3,6-7,10-11H2,1H3. The molecule has 0 unspecified atom stereocenters. The maximum atomic E-state index is 13.8. The van der Waals surface area contributed by atoms with Crippen molar-refractivity contribution in [1.82, 2.24) is 9.88 Å². The first-order chi connectivity index (χ1) is 17.0. The molecule has 0 spiro atoms. The first-order valence-corrected chi connectivity index (χ1v) is 12.0. The molecule has 5 rings (SSSR count). The second-order valence-electron chi connectivity index (χ2n) is 9.12. The van der Waals surface area contributed by atoms with Crippen LogP contribution in [-0.4, -0.2) is 39.7 Å². The van der Waals surface area contributed by atoms with Crippen molar-refractivity contribution in [2.24, 2.45) is 4.99 Å². The van der Waals surface area contributed by atoms with Crippen molar-refractivity contribution >= 4 is 28.2 Å². The van der Waals surface area contributed by atoms with Gasteiger partial charge in [0.15, 0.2) is 5.88 Å². The fourth-order valence-electron chi connectivity index (χ4n) is 4.90. The average molecular weight is 470 g/mol. The lowest BCUT2D eigenvalue weighted by Crippen LogP contribution is -2.38. The Kier molecular flexibility index (Phi) is 6.36. The maximum Gasteiger partial charge on any atom is 0.253 e. The molecule has 178 valence electrons. The highest BCUT2D eigenvalue weighted by Crippen LogP contribution is 2.32. The molecule has 2 N–H and O–H groups in total. The van der Waals surface area contributed by atoms with Crippen molar-refractivity contribution < 1.29 is 14.3 Å². The van der Waals surface area contributed by atoms with Crippen LogP contribution in [0, 0.1) is 5.82 Å². The number of carbonyl (C=O) groups excluding carboxylic acids is 1. The van der Waals surface area contributed by atoms with Crippen molar-refractivity contribution in [3.63, 3.8) is 0 Å². The third kappa shape index (κ3) is 4.69. The average Bonchev–Trinajstić information content (AvgIpc) is 3.22. The van der Waals surface area contributed by atoms with Crippen molar-refractivity contribution in [2.45, 2.75) is 38.1 Å². The molecule has 1 aromatic heterocycles. The first-order valence-electron chi connectivity index (χ1n) is 12.0. The van der Waals surface area contributed by atoms with Crippen molar-refractivity contribution in [3.8, 4) is 5.88 Å². The second kappa shape index (κ2) is 9.74. The molecule has 0 bridgehead atoms. The molecule has 1 amide bonds. The Labute approximate surface area is 203 Å². The Morgan fingerprint density at radius 3 is 2.40 bits per heavy atom. The molecule has 6 heteroatoms. The van der Waals surface area contributed by atoms with Crippen LogP contribution in [0.1, 0.15) is 53.6 Å². The van der Waals surface area contributed by atoms with E-state index in [2.05, 4.69) is 4.98 Å². The third-order valence-electron chi connectivity index (χ3n) is 6.82. The number of benzene rings is 3. The quantitative estimate of drug-likeness (QED) is 0.324. The van der Waals surface area contributed by atoms with E-state index in [-0.39, 0.29) is 17.6 Å². The number of amides is 1. The number of fused-ring (bicyclic) bond motifs is 1. The van der Waals surface area contributed by atoms with Gasteiger partial charge in [-0.05, 0) is 55.3 Å². The third-order valence-corrected chi connectivity index (χ3v) is 6.82. The Morgan fingerprint density at radius 2 is 1.69 bits per heavy atom. The van der Waals surface area contributed by atoms with Gasteiger partial charge in [-0.25, -0.2) is 9.38 Å². The minimum Gasteiger partial charge on any atom is -0.494 e. The fourth-order valence-corrected chi connectivity index (χ4v) is 4.90. The highest BCUT2D eigenvalue weighted by molar-refractivity contribution is 6.21. The number of aromatic nitrogens is 1. The van der Waals surface area contributed by atoms with Crippen LogP contribution in [0.25, 0.3) is 10.9 Å². The zero-order valence-corrected chi connectivity index (χ0v) is 19.7. The van der Waals surface area contributed by atoms with Gasteiger partial charge in [0.2, 0.25) is 0 Å². The number of nitrogens with zero attached hydrogens (tertiary/aromatic N) is 2. The normalized spacial score (nSPS) is 14.9. The molecular formula is C29H28FN3O2. The van der Waals surface area contributed by atoms with Crippen LogP contribution in [0.15, 0.2) is 77.8 Å². The highest BCUT2D eigenvalue weighted by atomic mass is 19.1. The summed E-state index contributed by atoms with van der Waals surface area (Å²) in [5, 5.41) is 11.4. The summed E-state index contributed by atoms with van der Waals surface area (Å²) in [7, 11) is 1.89.